The topological polar surface area (TPSA) is 46.2 Å². The van der Waals surface area contributed by atoms with Crippen molar-refractivity contribution in [2.75, 3.05) is 10.6 Å². The summed E-state index contributed by atoms with van der Waals surface area (Å²) in [6, 6.07) is 9.31. The van der Waals surface area contributed by atoms with Crippen molar-refractivity contribution >= 4 is 27.3 Å². The van der Waals surface area contributed by atoms with Crippen molar-refractivity contribution in [3.63, 3.8) is 0 Å². The number of hydrogen-bond acceptors (Lipinski definition) is 2. The van der Waals surface area contributed by atoms with Gasteiger partial charge in [0.1, 0.15) is 0 Å². The van der Waals surface area contributed by atoms with Gasteiger partial charge in [0, 0.05) is 5.88 Å². The minimum Gasteiger partial charge on any atom is -0.277 e. The fourth-order valence-corrected chi connectivity index (χ4v) is 3.01. The highest BCUT2D eigenvalue weighted by molar-refractivity contribution is 7.92. The normalized spacial score (nSPS) is 11.4. The number of aryl methyl sites for hydroxylation is 1. The molecule has 0 aliphatic carbocycles. The first-order valence-corrected chi connectivity index (χ1v) is 8.07. The van der Waals surface area contributed by atoms with E-state index in [1.54, 1.807) is 12.1 Å². The van der Waals surface area contributed by atoms with Gasteiger partial charge in [0.05, 0.1) is 10.6 Å². The molecule has 2 rings (SSSR count). The van der Waals surface area contributed by atoms with Gasteiger partial charge in [-0.05, 0) is 36.2 Å². The highest BCUT2D eigenvalue weighted by atomic mass is 35.5. The number of halogens is 3. The van der Waals surface area contributed by atoms with Crippen LogP contribution in [0.1, 0.15) is 5.56 Å². The largest absolute Gasteiger partial charge is 0.277 e. The van der Waals surface area contributed by atoms with Gasteiger partial charge in [-0.2, -0.15) is 0 Å². The van der Waals surface area contributed by atoms with Crippen LogP contribution in [0, 0.1) is 11.6 Å². The summed E-state index contributed by atoms with van der Waals surface area (Å²) < 4.78 is 52.8. The molecule has 2 aromatic carbocycles. The second-order valence-corrected chi connectivity index (χ2v) is 6.35. The summed E-state index contributed by atoms with van der Waals surface area (Å²) in [5.74, 6) is -1.92. The monoisotopic (exact) mass is 331 g/mol. The molecule has 0 bridgehead atoms. The lowest BCUT2D eigenvalue weighted by Crippen LogP contribution is -2.14. The molecule has 0 aliphatic heterocycles. The van der Waals surface area contributed by atoms with Gasteiger partial charge in [-0.15, -0.1) is 11.6 Å². The van der Waals surface area contributed by atoms with Gasteiger partial charge in [-0.25, -0.2) is 17.2 Å². The third-order valence-corrected chi connectivity index (χ3v) is 4.38. The number of sulfonamides is 1. The Hall–Kier alpha value is -1.66. The van der Waals surface area contributed by atoms with Gasteiger partial charge in [0.15, 0.2) is 11.6 Å². The quantitative estimate of drug-likeness (QED) is 0.852. The number of nitrogens with one attached hydrogen (secondary N) is 1. The summed E-state index contributed by atoms with van der Waals surface area (Å²) in [6.07, 6.45) is 0.619. The molecule has 0 aromatic heterocycles. The van der Waals surface area contributed by atoms with E-state index in [1.165, 1.54) is 18.2 Å². The summed E-state index contributed by atoms with van der Waals surface area (Å²) in [5.41, 5.74) is 0.459. The molecule has 0 unspecified atom stereocenters. The minimum absolute atomic E-state index is 0.0375. The van der Waals surface area contributed by atoms with Gasteiger partial charge in [-0.1, -0.05) is 18.2 Å². The van der Waals surface area contributed by atoms with Crippen LogP contribution >= 0.6 is 11.6 Å². The fraction of sp³-hybridized carbons (Fsp3) is 0.143. The summed E-state index contributed by atoms with van der Waals surface area (Å²) in [5, 5.41) is 0. The van der Waals surface area contributed by atoms with Crippen molar-refractivity contribution in [3.8, 4) is 0 Å². The predicted molar refractivity (Wildman–Crippen MR) is 78.0 cm³/mol. The third kappa shape index (κ3) is 3.71. The second-order valence-electron chi connectivity index (χ2n) is 4.29. The molecule has 0 fully saturated rings. The number of benzene rings is 2. The third-order valence-electron chi connectivity index (χ3n) is 2.81. The summed E-state index contributed by atoms with van der Waals surface area (Å²) in [7, 11) is -3.97. The Bertz CT molecular complexity index is 733. The standard InChI is InChI=1S/C14H12ClF2NO2S/c15-9-8-10-4-6-11(7-5-10)21(19,20)18-13-3-1-2-12(16)14(13)17/h1-7,18H,8-9H2. The number of hydrogen-bond donors (Lipinski definition) is 1. The number of rotatable bonds is 5. The Balaban J connectivity index is 2.27. The zero-order valence-corrected chi connectivity index (χ0v) is 12.4. The van der Waals surface area contributed by atoms with E-state index in [2.05, 4.69) is 0 Å². The Morgan fingerprint density at radius 3 is 2.33 bits per heavy atom. The molecule has 0 atom stereocenters. The van der Waals surface area contributed by atoms with Crippen LogP contribution in [0.4, 0.5) is 14.5 Å². The zero-order valence-electron chi connectivity index (χ0n) is 10.8. The van der Waals surface area contributed by atoms with Crippen molar-refractivity contribution < 1.29 is 17.2 Å². The molecular formula is C14H12ClF2NO2S. The summed E-state index contributed by atoms with van der Waals surface area (Å²) in [4.78, 5) is -0.0375. The molecule has 0 saturated carbocycles. The molecule has 21 heavy (non-hydrogen) atoms. The average Bonchev–Trinajstić information content (AvgIpc) is 2.45. The van der Waals surface area contributed by atoms with Crippen LogP contribution in [0.3, 0.4) is 0 Å². The highest BCUT2D eigenvalue weighted by Gasteiger charge is 2.17. The highest BCUT2D eigenvalue weighted by Crippen LogP contribution is 2.21. The van der Waals surface area contributed by atoms with Gasteiger partial charge in [-0.3, -0.25) is 4.72 Å². The van der Waals surface area contributed by atoms with Crippen molar-refractivity contribution in [1.82, 2.24) is 0 Å². The average molecular weight is 332 g/mol. The maximum atomic E-state index is 13.5. The van der Waals surface area contributed by atoms with Crippen LogP contribution in [0.15, 0.2) is 47.4 Å². The second kappa shape index (κ2) is 6.41. The molecular weight excluding hydrogens is 320 g/mol. The minimum atomic E-state index is -3.97. The molecule has 112 valence electrons. The van der Waals surface area contributed by atoms with E-state index in [4.69, 9.17) is 11.6 Å². The lowest BCUT2D eigenvalue weighted by molar-refractivity contribution is 0.511. The van der Waals surface area contributed by atoms with E-state index >= 15 is 0 Å². The molecule has 2 aromatic rings. The van der Waals surface area contributed by atoms with Crippen LogP contribution < -0.4 is 4.72 Å². The van der Waals surface area contributed by atoms with Crippen LogP contribution in [-0.2, 0) is 16.4 Å². The first-order valence-electron chi connectivity index (χ1n) is 6.06. The van der Waals surface area contributed by atoms with Crippen LogP contribution in [-0.4, -0.2) is 14.3 Å². The van der Waals surface area contributed by atoms with E-state index in [0.29, 0.717) is 12.3 Å². The van der Waals surface area contributed by atoms with E-state index in [9.17, 15) is 17.2 Å². The SMILES string of the molecule is O=S(=O)(Nc1cccc(F)c1F)c1ccc(CCCl)cc1. The molecule has 0 aliphatic rings. The Morgan fingerprint density at radius 2 is 1.71 bits per heavy atom. The number of anilines is 1. The fourth-order valence-electron chi connectivity index (χ4n) is 1.73. The maximum absolute atomic E-state index is 13.5. The van der Waals surface area contributed by atoms with E-state index in [1.807, 2.05) is 4.72 Å². The maximum Gasteiger partial charge on any atom is 0.261 e. The lowest BCUT2D eigenvalue weighted by Gasteiger charge is -2.09. The molecule has 7 heteroatoms. The van der Waals surface area contributed by atoms with Crippen LogP contribution in [0.25, 0.3) is 0 Å². The molecule has 0 spiro atoms. The van der Waals surface area contributed by atoms with Gasteiger partial charge in [0.2, 0.25) is 0 Å². The molecule has 1 N–H and O–H groups in total. The Kier molecular flexibility index (Phi) is 4.80. The molecule has 0 heterocycles. The zero-order chi connectivity index (χ0) is 15.5. The predicted octanol–water partition coefficient (Wildman–Crippen LogP) is 3.55. The smallest absolute Gasteiger partial charge is 0.261 e. The lowest BCUT2D eigenvalue weighted by atomic mass is 10.2. The first kappa shape index (κ1) is 15.7. The first-order chi connectivity index (χ1) is 9.94. The van der Waals surface area contributed by atoms with Gasteiger partial charge >= 0.3 is 0 Å². The van der Waals surface area contributed by atoms with E-state index in [-0.39, 0.29) is 4.90 Å². The Morgan fingerprint density at radius 1 is 1.05 bits per heavy atom. The molecule has 0 amide bonds. The van der Waals surface area contributed by atoms with Crippen molar-refractivity contribution in [3.05, 3.63) is 59.7 Å². The van der Waals surface area contributed by atoms with Crippen LogP contribution in [0.2, 0.25) is 0 Å². The van der Waals surface area contributed by atoms with Crippen molar-refractivity contribution in [2.45, 2.75) is 11.3 Å². The van der Waals surface area contributed by atoms with Crippen molar-refractivity contribution in [2.24, 2.45) is 0 Å². The molecule has 0 saturated heterocycles. The van der Waals surface area contributed by atoms with Crippen LogP contribution in [0.5, 0.6) is 0 Å². The molecule has 0 radical (unpaired) electrons. The number of alkyl halides is 1. The summed E-state index contributed by atoms with van der Waals surface area (Å²) >= 11 is 5.60. The van der Waals surface area contributed by atoms with Crippen molar-refractivity contribution in [1.29, 1.82) is 0 Å². The van der Waals surface area contributed by atoms with Gasteiger partial charge < -0.3 is 0 Å². The molecule has 3 nitrogen and oxygen atoms in total. The van der Waals surface area contributed by atoms with E-state index < -0.39 is 27.3 Å². The van der Waals surface area contributed by atoms with Gasteiger partial charge in [0.25, 0.3) is 10.0 Å². The van der Waals surface area contributed by atoms with E-state index in [0.717, 1.165) is 17.7 Å². The Labute approximate surface area is 126 Å². The summed E-state index contributed by atoms with van der Waals surface area (Å²) in [6.45, 7) is 0.